The van der Waals surface area contributed by atoms with Gasteiger partial charge in [-0.2, -0.15) is 0 Å². The van der Waals surface area contributed by atoms with Gasteiger partial charge in [-0.3, -0.25) is 4.98 Å². The zero-order valence-corrected chi connectivity index (χ0v) is 12.2. The fraction of sp³-hybridized carbons (Fsp3) is 0.267. The molecule has 20 heavy (non-hydrogen) atoms. The average molecular weight is 310 g/mol. The van der Waals surface area contributed by atoms with Gasteiger partial charge in [0, 0.05) is 18.0 Å². The Bertz CT molecular complexity index is 619. The number of hydrogen-bond acceptors (Lipinski definition) is 3. The van der Waals surface area contributed by atoms with Crippen LogP contribution in [0.2, 0.25) is 5.02 Å². The van der Waals surface area contributed by atoms with Crippen LogP contribution in [-0.2, 0) is 6.42 Å². The van der Waals surface area contributed by atoms with Crippen molar-refractivity contribution in [3.63, 3.8) is 0 Å². The summed E-state index contributed by atoms with van der Waals surface area (Å²) in [6, 6.07) is 7.65. The molecule has 1 aromatic carbocycles. The lowest BCUT2D eigenvalue weighted by atomic mass is 10.0. The molecule has 0 aliphatic carbocycles. The maximum absolute atomic E-state index is 6.54. The summed E-state index contributed by atoms with van der Waals surface area (Å²) >= 11 is 12.7. The molecule has 104 valence electrons. The van der Waals surface area contributed by atoms with Gasteiger partial charge in [0.25, 0.3) is 0 Å². The van der Waals surface area contributed by atoms with Gasteiger partial charge >= 0.3 is 0 Å². The van der Waals surface area contributed by atoms with E-state index in [1.165, 1.54) is 0 Å². The van der Waals surface area contributed by atoms with E-state index in [0.717, 1.165) is 22.6 Å². The summed E-state index contributed by atoms with van der Waals surface area (Å²) < 4.78 is 11.3. The average Bonchev–Trinajstić information content (AvgIpc) is 2.49. The summed E-state index contributed by atoms with van der Waals surface area (Å²) in [5.74, 6) is 1.49. The van der Waals surface area contributed by atoms with Gasteiger partial charge in [0.2, 0.25) is 0 Å². The molecule has 1 aliphatic heterocycles. The molecule has 2 heterocycles. The lowest BCUT2D eigenvalue weighted by molar-refractivity contribution is 0.170. The molecule has 3 nitrogen and oxygen atoms in total. The summed E-state index contributed by atoms with van der Waals surface area (Å²) in [7, 11) is 0. The van der Waals surface area contributed by atoms with E-state index in [9.17, 15) is 0 Å². The number of alkyl halides is 1. The van der Waals surface area contributed by atoms with Crippen molar-refractivity contribution >= 4 is 23.2 Å². The third kappa shape index (κ3) is 2.69. The van der Waals surface area contributed by atoms with Crippen LogP contribution >= 0.6 is 23.2 Å². The van der Waals surface area contributed by atoms with E-state index in [4.69, 9.17) is 32.7 Å². The van der Waals surface area contributed by atoms with Crippen molar-refractivity contribution < 1.29 is 9.47 Å². The first-order chi connectivity index (χ1) is 9.75. The fourth-order valence-electron chi connectivity index (χ4n) is 2.22. The summed E-state index contributed by atoms with van der Waals surface area (Å²) in [6.45, 7) is 1.11. The summed E-state index contributed by atoms with van der Waals surface area (Å²) in [5, 5.41) is 0.395. The van der Waals surface area contributed by atoms with Crippen LogP contribution in [0.1, 0.15) is 16.5 Å². The molecule has 1 aliphatic rings. The Labute approximate surface area is 127 Å². The first-order valence-corrected chi connectivity index (χ1v) is 7.18. The molecule has 0 fully saturated rings. The second-order valence-electron chi connectivity index (χ2n) is 4.51. The molecule has 0 saturated heterocycles. The van der Waals surface area contributed by atoms with Crippen molar-refractivity contribution in [1.29, 1.82) is 0 Å². The molecule has 0 saturated carbocycles. The van der Waals surface area contributed by atoms with Gasteiger partial charge in [0.1, 0.15) is 13.2 Å². The van der Waals surface area contributed by atoms with Crippen molar-refractivity contribution in [1.82, 2.24) is 4.98 Å². The van der Waals surface area contributed by atoms with Crippen LogP contribution in [0, 0.1) is 0 Å². The molecule has 0 N–H and O–H groups in total. The highest BCUT2D eigenvalue weighted by Gasteiger charge is 2.21. The summed E-state index contributed by atoms with van der Waals surface area (Å²) in [4.78, 5) is 3.98. The van der Waals surface area contributed by atoms with Crippen molar-refractivity contribution in [3.05, 3.63) is 52.8 Å². The molecule has 0 bridgehead atoms. The monoisotopic (exact) mass is 309 g/mol. The SMILES string of the molecule is Clc1cnccc1CC(Cl)c1cccc2c1OCCO2. The second-order valence-corrected chi connectivity index (χ2v) is 5.44. The van der Waals surface area contributed by atoms with Gasteiger partial charge in [-0.1, -0.05) is 23.7 Å². The number of nitrogens with zero attached hydrogens (tertiary/aromatic N) is 1. The minimum absolute atomic E-state index is 0.230. The van der Waals surface area contributed by atoms with Gasteiger partial charge in [0.05, 0.1) is 10.4 Å². The Hall–Kier alpha value is -1.45. The van der Waals surface area contributed by atoms with Crippen LogP contribution in [0.25, 0.3) is 0 Å². The van der Waals surface area contributed by atoms with Gasteiger partial charge in [-0.05, 0) is 24.1 Å². The van der Waals surface area contributed by atoms with Crippen LogP contribution in [0.15, 0.2) is 36.7 Å². The number of para-hydroxylation sites is 1. The summed E-state index contributed by atoms with van der Waals surface area (Å²) in [6.07, 6.45) is 3.95. The quantitative estimate of drug-likeness (QED) is 0.802. The zero-order valence-electron chi connectivity index (χ0n) is 10.7. The topological polar surface area (TPSA) is 31.4 Å². The van der Waals surface area contributed by atoms with Crippen LogP contribution in [0.4, 0.5) is 0 Å². The van der Waals surface area contributed by atoms with Crippen LogP contribution < -0.4 is 9.47 Å². The number of pyridine rings is 1. The second kappa shape index (κ2) is 5.90. The molecule has 0 amide bonds. The van der Waals surface area contributed by atoms with E-state index >= 15 is 0 Å². The number of hydrogen-bond donors (Lipinski definition) is 0. The van der Waals surface area contributed by atoms with Crippen LogP contribution in [-0.4, -0.2) is 18.2 Å². The van der Waals surface area contributed by atoms with Gasteiger partial charge < -0.3 is 9.47 Å². The minimum atomic E-state index is -0.230. The predicted molar refractivity (Wildman–Crippen MR) is 79.0 cm³/mol. The predicted octanol–water partition coefficient (Wildman–Crippen LogP) is 4.03. The van der Waals surface area contributed by atoms with E-state index in [1.54, 1.807) is 12.4 Å². The number of ether oxygens (including phenoxy) is 2. The third-order valence-corrected chi connectivity index (χ3v) is 3.92. The largest absolute Gasteiger partial charge is 0.486 e. The molecule has 1 aromatic heterocycles. The first-order valence-electron chi connectivity index (χ1n) is 6.36. The normalized spacial score (nSPS) is 14.9. The molecule has 0 spiro atoms. The lowest BCUT2D eigenvalue weighted by Crippen LogP contribution is -2.17. The Balaban J connectivity index is 1.88. The Kier molecular flexibility index (Phi) is 3.99. The molecule has 1 unspecified atom stereocenters. The molecule has 2 aromatic rings. The molecule has 3 rings (SSSR count). The molecule has 0 radical (unpaired) electrons. The smallest absolute Gasteiger partial charge is 0.166 e. The molecule has 1 atom stereocenters. The van der Waals surface area contributed by atoms with Crippen LogP contribution in [0.5, 0.6) is 11.5 Å². The highest BCUT2D eigenvalue weighted by atomic mass is 35.5. The first kappa shape index (κ1) is 13.5. The third-order valence-electron chi connectivity index (χ3n) is 3.19. The number of halogens is 2. The van der Waals surface area contributed by atoms with Gasteiger partial charge in [0.15, 0.2) is 11.5 Å². The highest BCUT2D eigenvalue weighted by molar-refractivity contribution is 6.31. The number of aromatic nitrogens is 1. The van der Waals surface area contributed by atoms with Crippen molar-refractivity contribution in [3.8, 4) is 11.5 Å². The number of fused-ring (bicyclic) bond motifs is 1. The van der Waals surface area contributed by atoms with E-state index in [1.807, 2.05) is 24.3 Å². The standard InChI is InChI=1S/C15H13Cl2NO2/c16-12(8-10-4-5-18-9-13(10)17)11-2-1-3-14-15(11)20-7-6-19-14/h1-5,9,12H,6-8H2. The fourth-order valence-corrected chi connectivity index (χ4v) is 2.75. The lowest BCUT2D eigenvalue weighted by Gasteiger charge is -2.23. The molecule has 5 heteroatoms. The van der Waals surface area contributed by atoms with Crippen molar-refractivity contribution in [2.24, 2.45) is 0 Å². The molecular weight excluding hydrogens is 297 g/mol. The van der Waals surface area contributed by atoms with E-state index in [2.05, 4.69) is 4.98 Å². The number of rotatable bonds is 3. The Morgan fingerprint density at radius 1 is 1.20 bits per heavy atom. The maximum atomic E-state index is 6.54. The summed E-state index contributed by atoms with van der Waals surface area (Å²) in [5.41, 5.74) is 1.90. The number of benzene rings is 1. The minimum Gasteiger partial charge on any atom is -0.486 e. The van der Waals surface area contributed by atoms with Crippen molar-refractivity contribution in [2.75, 3.05) is 13.2 Å². The molecular formula is C15H13Cl2NO2. The zero-order chi connectivity index (χ0) is 13.9. The van der Waals surface area contributed by atoms with E-state index < -0.39 is 0 Å². The van der Waals surface area contributed by atoms with Gasteiger partial charge in [-0.25, -0.2) is 0 Å². The maximum Gasteiger partial charge on any atom is 0.166 e. The highest BCUT2D eigenvalue weighted by Crippen LogP contribution is 2.40. The van der Waals surface area contributed by atoms with E-state index in [0.29, 0.717) is 24.7 Å². The Morgan fingerprint density at radius 3 is 2.90 bits per heavy atom. The van der Waals surface area contributed by atoms with Crippen LogP contribution in [0.3, 0.4) is 0 Å². The van der Waals surface area contributed by atoms with Crippen molar-refractivity contribution in [2.45, 2.75) is 11.8 Å². The Morgan fingerprint density at radius 2 is 2.05 bits per heavy atom. The van der Waals surface area contributed by atoms with Gasteiger partial charge in [-0.15, -0.1) is 11.6 Å². The van der Waals surface area contributed by atoms with E-state index in [-0.39, 0.29) is 5.38 Å².